The summed E-state index contributed by atoms with van der Waals surface area (Å²) in [5.41, 5.74) is 11.6. The smallest absolute Gasteiger partial charge is 0.243 e. The Morgan fingerprint density at radius 3 is 2.48 bits per heavy atom. The number of carbonyl (C=O) groups is 1. The van der Waals surface area contributed by atoms with Crippen LogP contribution >= 0.6 is 0 Å². The molecule has 0 rings (SSSR count). The standard InChI is InChI=1S/C16H32N4O/c1-3-4-5-6-7-10-14(2)13-15(21)19-11-8-9-12-20-16(17)18/h13H,3-12H2,1-2H3,(H,19,21)(H4,17,18,20)/b14-13-. The fourth-order valence-electron chi connectivity index (χ4n) is 2.01. The maximum atomic E-state index is 11.7. The van der Waals surface area contributed by atoms with Gasteiger partial charge in [-0.25, -0.2) is 0 Å². The van der Waals surface area contributed by atoms with Crippen molar-refractivity contribution in [2.75, 3.05) is 13.1 Å². The Morgan fingerprint density at radius 1 is 1.10 bits per heavy atom. The van der Waals surface area contributed by atoms with E-state index in [4.69, 9.17) is 11.5 Å². The lowest BCUT2D eigenvalue weighted by Gasteiger charge is -2.04. The molecule has 0 aliphatic carbocycles. The van der Waals surface area contributed by atoms with Gasteiger partial charge in [-0.15, -0.1) is 0 Å². The molecule has 0 aliphatic heterocycles. The molecule has 0 aliphatic rings. The third-order valence-electron chi connectivity index (χ3n) is 3.23. The summed E-state index contributed by atoms with van der Waals surface area (Å²) in [6, 6.07) is 0. The Morgan fingerprint density at radius 2 is 1.81 bits per heavy atom. The molecule has 0 heterocycles. The zero-order chi connectivity index (χ0) is 15.9. The lowest BCUT2D eigenvalue weighted by molar-refractivity contribution is -0.116. The van der Waals surface area contributed by atoms with Gasteiger partial charge < -0.3 is 16.8 Å². The van der Waals surface area contributed by atoms with E-state index in [2.05, 4.69) is 17.2 Å². The van der Waals surface area contributed by atoms with E-state index in [0.29, 0.717) is 13.1 Å². The van der Waals surface area contributed by atoms with Crippen molar-refractivity contribution < 1.29 is 4.79 Å². The van der Waals surface area contributed by atoms with E-state index in [1.165, 1.54) is 32.1 Å². The van der Waals surface area contributed by atoms with Crippen molar-refractivity contribution in [2.24, 2.45) is 16.5 Å². The first kappa shape index (κ1) is 19.5. The van der Waals surface area contributed by atoms with Crippen LogP contribution in [0.4, 0.5) is 0 Å². The van der Waals surface area contributed by atoms with Gasteiger partial charge in [-0.1, -0.05) is 38.2 Å². The molecule has 21 heavy (non-hydrogen) atoms. The van der Waals surface area contributed by atoms with E-state index in [-0.39, 0.29) is 11.9 Å². The van der Waals surface area contributed by atoms with Gasteiger partial charge in [0, 0.05) is 19.2 Å². The van der Waals surface area contributed by atoms with Crippen LogP contribution in [-0.4, -0.2) is 25.0 Å². The highest BCUT2D eigenvalue weighted by molar-refractivity contribution is 5.88. The summed E-state index contributed by atoms with van der Waals surface area (Å²) in [6.07, 6.45) is 10.8. The van der Waals surface area contributed by atoms with Gasteiger partial charge in [0.15, 0.2) is 5.96 Å². The number of guanidine groups is 1. The van der Waals surface area contributed by atoms with Gasteiger partial charge in [-0.05, 0) is 32.6 Å². The van der Waals surface area contributed by atoms with Crippen molar-refractivity contribution in [1.82, 2.24) is 5.32 Å². The number of unbranched alkanes of at least 4 members (excludes halogenated alkanes) is 5. The number of hydrogen-bond acceptors (Lipinski definition) is 2. The van der Waals surface area contributed by atoms with Gasteiger partial charge in [0.2, 0.25) is 5.91 Å². The van der Waals surface area contributed by atoms with E-state index in [1.54, 1.807) is 6.08 Å². The Bertz CT molecular complexity index is 333. The zero-order valence-electron chi connectivity index (χ0n) is 13.7. The number of hydrogen-bond donors (Lipinski definition) is 3. The molecule has 1 amide bonds. The van der Waals surface area contributed by atoms with E-state index in [9.17, 15) is 4.79 Å². The number of nitrogens with two attached hydrogens (primary N) is 2. The van der Waals surface area contributed by atoms with E-state index in [1.807, 2.05) is 6.92 Å². The first-order chi connectivity index (χ1) is 10.1. The van der Waals surface area contributed by atoms with E-state index >= 15 is 0 Å². The van der Waals surface area contributed by atoms with Gasteiger partial charge in [-0.2, -0.15) is 0 Å². The van der Waals surface area contributed by atoms with Crippen molar-refractivity contribution in [1.29, 1.82) is 0 Å². The molecular formula is C16H32N4O. The second-order valence-corrected chi connectivity index (χ2v) is 5.46. The first-order valence-corrected chi connectivity index (χ1v) is 8.06. The Kier molecular flexibility index (Phi) is 12.5. The Balaban J connectivity index is 3.61. The molecule has 0 radical (unpaired) electrons. The lowest BCUT2D eigenvalue weighted by atomic mass is 10.1. The minimum Gasteiger partial charge on any atom is -0.370 e. The molecule has 122 valence electrons. The fraction of sp³-hybridized carbons (Fsp3) is 0.750. The van der Waals surface area contributed by atoms with Crippen LogP contribution in [0.15, 0.2) is 16.6 Å². The number of aliphatic imine (C=N–C) groups is 1. The molecule has 0 saturated heterocycles. The Hall–Kier alpha value is -1.52. The largest absolute Gasteiger partial charge is 0.370 e. The molecule has 5 heteroatoms. The van der Waals surface area contributed by atoms with E-state index in [0.717, 1.165) is 24.8 Å². The molecule has 5 N–H and O–H groups in total. The van der Waals surface area contributed by atoms with Crippen LogP contribution in [0.5, 0.6) is 0 Å². The number of nitrogens with one attached hydrogen (secondary N) is 1. The minimum atomic E-state index is 0.00268. The fourth-order valence-corrected chi connectivity index (χ4v) is 2.01. The summed E-state index contributed by atoms with van der Waals surface area (Å²) in [7, 11) is 0. The maximum absolute atomic E-state index is 11.7. The third-order valence-corrected chi connectivity index (χ3v) is 3.23. The van der Waals surface area contributed by atoms with Crippen molar-refractivity contribution in [3.63, 3.8) is 0 Å². The van der Waals surface area contributed by atoms with Crippen LogP contribution in [0.2, 0.25) is 0 Å². The van der Waals surface area contributed by atoms with Crippen molar-refractivity contribution in [3.8, 4) is 0 Å². The van der Waals surface area contributed by atoms with Crippen LogP contribution in [-0.2, 0) is 4.79 Å². The molecule has 0 aromatic rings. The van der Waals surface area contributed by atoms with Gasteiger partial charge in [-0.3, -0.25) is 9.79 Å². The molecule has 0 saturated carbocycles. The average molecular weight is 296 g/mol. The normalized spacial score (nSPS) is 11.2. The summed E-state index contributed by atoms with van der Waals surface area (Å²) in [6.45, 7) is 5.52. The Labute approximate surface area is 129 Å². The molecule has 0 bridgehead atoms. The van der Waals surface area contributed by atoms with Crippen molar-refractivity contribution in [3.05, 3.63) is 11.6 Å². The zero-order valence-corrected chi connectivity index (χ0v) is 13.7. The molecule has 0 atom stereocenters. The topological polar surface area (TPSA) is 93.5 Å². The molecule has 0 spiro atoms. The number of rotatable bonds is 12. The maximum Gasteiger partial charge on any atom is 0.243 e. The van der Waals surface area contributed by atoms with Crippen LogP contribution in [0.25, 0.3) is 0 Å². The second kappa shape index (κ2) is 13.5. The van der Waals surface area contributed by atoms with Crippen molar-refractivity contribution >= 4 is 11.9 Å². The van der Waals surface area contributed by atoms with Crippen LogP contribution < -0.4 is 16.8 Å². The van der Waals surface area contributed by atoms with Crippen LogP contribution in [0, 0.1) is 0 Å². The summed E-state index contributed by atoms with van der Waals surface area (Å²) >= 11 is 0. The lowest BCUT2D eigenvalue weighted by Crippen LogP contribution is -2.24. The van der Waals surface area contributed by atoms with Gasteiger partial charge >= 0.3 is 0 Å². The van der Waals surface area contributed by atoms with Gasteiger partial charge in [0.1, 0.15) is 0 Å². The second-order valence-electron chi connectivity index (χ2n) is 5.46. The van der Waals surface area contributed by atoms with Crippen LogP contribution in [0.3, 0.4) is 0 Å². The van der Waals surface area contributed by atoms with Crippen LogP contribution in [0.1, 0.15) is 65.2 Å². The molecule has 5 nitrogen and oxygen atoms in total. The average Bonchev–Trinajstić information content (AvgIpc) is 2.42. The summed E-state index contributed by atoms with van der Waals surface area (Å²) in [5, 5.41) is 2.89. The molecule has 0 unspecified atom stereocenters. The molecule has 0 aromatic heterocycles. The predicted molar refractivity (Wildman–Crippen MR) is 90.1 cm³/mol. The summed E-state index contributed by atoms with van der Waals surface area (Å²) < 4.78 is 0. The first-order valence-electron chi connectivity index (χ1n) is 8.06. The highest BCUT2D eigenvalue weighted by Gasteiger charge is 1.98. The molecule has 0 fully saturated rings. The van der Waals surface area contributed by atoms with Gasteiger partial charge in [0.05, 0.1) is 0 Å². The summed E-state index contributed by atoms with van der Waals surface area (Å²) in [4.78, 5) is 15.6. The number of carbonyl (C=O) groups excluding carboxylic acids is 1. The monoisotopic (exact) mass is 296 g/mol. The molecule has 0 aromatic carbocycles. The number of amides is 1. The number of allylic oxidation sites excluding steroid dienone is 1. The summed E-state index contributed by atoms with van der Waals surface area (Å²) in [5.74, 6) is 0.124. The SMILES string of the molecule is CCCCCCC/C(C)=C\C(=O)NCCCCN=C(N)N. The van der Waals surface area contributed by atoms with E-state index < -0.39 is 0 Å². The molecular weight excluding hydrogens is 264 g/mol. The minimum absolute atomic E-state index is 0.00268. The quantitative estimate of drug-likeness (QED) is 0.223. The highest BCUT2D eigenvalue weighted by Crippen LogP contribution is 2.10. The van der Waals surface area contributed by atoms with Gasteiger partial charge in [0.25, 0.3) is 0 Å². The third kappa shape index (κ3) is 14.7. The predicted octanol–water partition coefficient (Wildman–Crippen LogP) is 2.46. The highest BCUT2D eigenvalue weighted by atomic mass is 16.1. The number of nitrogens with zero attached hydrogens (tertiary/aromatic N) is 1. The van der Waals surface area contributed by atoms with Crippen molar-refractivity contribution in [2.45, 2.75) is 65.2 Å².